The van der Waals surface area contributed by atoms with Gasteiger partial charge in [-0.1, -0.05) is 18.5 Å². The van der Waals surface area contributed by atoms with Gasteiger partial charge in [-0.3, -0.25) is 9.69 Å². The van der Waals surface area contributed by atoms with E-state index in [2.05, 4.69) is 6.92 Å². The largest absolute Gasteiger partial charge is 0.493 e. The van der Waals surface area contributed by atoms with E-state index in [0.29, 0.717) is 29.6 Å². The molecule has 1 saturated heterocycles. The Morgan fingerprint density at radius 1 is 0.957 bits per heavy atom. The lowest BCUT2D eigenvalue weighted by Gasteiger charge is -2.30. The zero-order valence-electron chi connectivity index (χ0n) is 26.4. The Hall–Kier alpha value is -4.42. The number of esters is 1. The number of hydrogen-bond acceptors (Lipinski definition) is 9. The van der Waals surface area contributed by atoms with Gasteiger partial charge in [0.25, 0.3) is 5.76 Å². The van der Waals surface area contributed by atoms with Gasteiger partial charge in [-0.2, -0.15) is 13.2 Å². The molecule has 0 saturated carbocycles. The summed E-state index contributed by atoms with van der Waals surface area (Å²) in [5.74, 6) is -2.47. The van der Waals surface area contributed by atoms with Crippen LogP contribution in [0, 0.1) is 12.8 Å². The van der Waals surface area contributed by atoms with E-state index in [1.54, 1.807) is 6.92 Å². The molecule has 1 aliphatic heterocycles. The van der Waals surface area contributed by atoms with Crippen molar-refractivity contribution in [2.45, 2.75) is 39.4 Å². The van der Waals surface area contributed by atoms with Crippen molar-refractivity contribution in [3.8, 4) is 34.5 Å². The van der Waals surface area contributed by atoms with E-state index >= 15 is 0 Å². The van der Waals surface area contributed by atoms with Crippen molar-refractivity contribution in [2.75, 3.05) is 34.4 Å². The van der Waals surface area contributed by atoms with Crippen LogP contribution in [0.5, 0.6) is 34.5 Å². The second-order valence-electron chi connectivity index (χ2n) is 11.3. The highest BCUT2D eigenvalue weighted by Gasteiger charge is 2.41. The van der Waals surface area contributed by atoms with Crippen LogP contribution in [0.15, 0.2) is 51.7 Å². The Labute approximate surface area is 273 Å². The van der Waals surface area contributed by atoms with E-state index in [-0.39, 0.29) is 57.4 Å². The number of piperidine rings is 1. The van der Waals surface area contributed by atoms with Crippen molar-refractivity contribution in [1.29, 1.82) is 0 Å². The average molecular weight is 676 g/mol. The minimum atomic E-state index is -5.11. The van der Waals surface area contributed by atoms with Gasteiger partial charge in [-0.25, -0.2) is 4.79 Å². The Balaban J connectivity index is 1.65. The molecule has 1 aromatic heterocycles. The van der Waals surface area contributed by atoms with Gasteiger partial charge in [0, 0.05) is 11.6 Å². The molecule has 3 aromatic carbocycles. The van der Waals surface area contributed by atoms with Crippen molar-refractivity contribution in [1.82, 2.24) is 4.90 Å². The van der Waals surface area contributed by atoms with Gasteiger partial charge in [0.2, 0.25) is 16.9 Å². The average Bonchev–Trinajstić information content (AvgIpc) is 3.04. The summed E-state index contributed by atoms with van der Waals surface area (Å²) in [5, 5.41) is 0.205. The molecule has 0 unspecified atom stereocenters. The molecule has 1 aliphatic rings. The minimum Gasteiger partial charge on any atom is -0.493 e. The fourth-order valence-electron chi connectivity index (χ4n) is 5.40. The zero-order valence-corrected chi connectivity index (χ0v) is 27.1. The predicted molar refractivity (Wildman–Crippen MR) is 168 cm³/mol. The van der Waals surface area contributed by atoms with Crippen LogP contribution in [0.1, 0.15) is 47.0 Å². The molecule has 0 N–H and O–H groups in total. The molecule has 0 atom stereocenters. The Bertz CT molecular complexity index is 1840. The summed E-state index contributed by atoms with van der Waals surface area (Å²) in [6, 6.07) is 9.62. The highest BCUT2D eigenvalue weighted by atomic mass is 35.5. The molecule has 0 radical (unpaired) electrons. The molecule has 4 aromatic rings. The standard InChI is InChI=1S/C34H33ClF3NO8/c1-18-10-12-39(13-11-18)17-23-25(46-33(41)20-15-26(42-3)30(44-5)27(16-20)43-4)9-7-22-28(40)31(32(34(36,37)38)47-29(22)23)45-21-6-8-24(35)19(2)14-21/h6-9,14-16,18H,10-13,17H2,1-5H3. The van der Waals surface area contributed by atoms with Gasteiger partial charge in [0.1, 0.15) is 17.1 Å². The SMILES string of the molecule is COc1cc(C(=O)Oc2ccc3c(=O)c(Oc4ccc(Cl)c(C)c4)c(C(F)(F)F)oc3c2CN2CCC(C)CC2)cc(OC)c1OC. The smallest absolute Gasteiger partial charge is 0.453 e. The first-order chi connectivity index (χ1) is 22.3. The van der Waals surface area contributed by atoms with E-state index in [1.165, 1.54) is 63.8 Å². The van der Waals surface area contributed by atoms with Crippen molar-refractivity contribution in [2.24, 2.45) is 5.92 Å². The van der Waals surface area contributed by atoms with E-state index < -0.39 is 29.1 Å². The number of ether oxygens (including phenoxy) is 5. The fraction of sp³-hybridized carbons (Fsp3) is 0.353. The molecule has 250 valence electrons. The number of alkyl halides is 3. The number of halogens is 4. The number of carbonyl (C=O) groups is 1. The lowest BCUT2D eigenvalue weighted by Crippen LogP contribution is -2.32. The lowest BCUT2D eigenvalue weighted by atomic mass is 9.98. The molecular weight excluding hydrogens is 643 g/mol. The number of rotatable bonds is 9. The Kier molecular flexibility index (Phi) is 9.92. The van der Waals surface area contributed by atoms with E-state index in [1.807, 2.05) is 4.90 Å². The molecule has 0 amide bonds. The third-order valence-corrected chi connectivity index (χ3v) is 8.47. The molecule has 2 heterocycles. The monoisotopic (exact) mass is 675 g/mol. The summed E-state index contributed by atoms with van der Waals surface area (Å²) in [6.45, 7) is 5.12. The number of carbonyl (C=O) groups excluding carboxylic acids is 1. The van der Waals surface area contributed by atoms with Crippen molar-refractivity contribution in [3.05, 3.63) is 80.2 Å². The van der Waals surface area contributed by atoms with Crippen molar-refractivity contribution < 1.29 is 46.1 Å². The molecule has 0 spiro atoms. The van der Waals surface area contributed by atoms with Crippen LogP contribution in [-0.2, 0) is 12.7 Å². The van der Waals surface area contributed by atoms with E-state index in [9.17, 15) is 22.8 Å². The number of nitrogens with zero attached hydrogens (tertiary/aromatic N) is 1. The number of hydrogen-bond donors (Lipinski definition) is 0. The summed E-state index contributed by atoms with van der Waals surface area (Å²) in [4.78, 5) is 29.2. The normalized spacial score (nSPS) is 14.2. The highest BCUT2D eigenvalue weighted by Crippen LogP contribution is 2.42. The minimum absolute atomic E-state index is 0.0248. The van der Waals surface area contributed by atoms with Gasteiger partial charge in [-0.15, -0.1) is 0 Å². The molecule has 0 aliphatic carbocycles. The summed E-state index contributed by atoms with van der Waals surface area (Å²) in [7, 11) is 4.19. The topological polar surface area (TPSA) is 96.7 Å². The third-order valence-electron chi connectivity index (χ3n) is 8.05. The molecule has 1 fully saturated rings. The van der Waals surface area contributed by atoms with Gasteiger partial charge in [0.05, 0.1) is 37.8 Å². The zero-order chi connectivity index (χ0) is 34.0. The maximum atomic E-state index is 14.5. The highest BCUT2D eigenvalue weighted by molar-refractivity contribution is 6.31. The van der Waals surface area contributed by atoms with E-state index in [0.717, 1.165) is 12.8 Å². The van der Waals surface area contributed by atoms with Crippen LogP contribution >= 0.6 is 11.6 Å². The second kappa shape index (κ2) is 13.7. The van der Waals surface area contributed by atoms with Gasteiger partial charge in [0.15, 0.2) is 11.5 Å². The van der Waals surface area contributed by atoms with Crippen molar-refractivity contribution >= 4 is 28.5 Å². The maximum Gasteiger partial charge on any atom is 0.453 e. The summed E-state index contributed by atoms with van der Waals surface area (Å²) in [6.07, 6.45) is -3.38. The fourth-order valence-corrected chi connectivity index (χ4v) is 5.52. The first-order valence-corrected chi connectivity index (χ1v) is 15.1. The lowest BCUT2D eigenvalue weighted by molar-refractivity contribution is -0.154. The maximum absolute atomic E-state index is 14.5. The summed E-state index contributed by atoms with van der Waals surface area (Å²) in [5.41, 5.74) is -0.733. The third kappa shape index (κ3) is 7.13. The number of benzene rings is 3. The molecular formula is C34H33ClF3NO8. The molecule has 5 rings (SSSR count). The second-order valence-corrected chi connectivity index (χ2v) is 11.7. The van der Waals surface area contributed by atoms with Crippen LogP contribution in [0.25, 0.3) is 11.0 Å². The quantitative estimate of drug-likeness (QED) is 0.129. The van der Waals surface area contributed by atoms with Gasteiger partial charge in [-0.05, 0) is 86.8 Å². The van der Waals surface area contributed by atoms with Crippen LogP contribution in [0.2, 0.25) is 5.02 Å². The van der Waals surface area contributed by atoms with E-state index in [4.69, 9.17) is 39.7 Å². The Morgan fingerprint density at radius 2 is 1.62 bits per heavy atom. The van der Waals surface area contributed by atoms with Crippen molar-refractivity contribution in [3.63, 3.8) is 0 Å². The predicted octanol–water partition coefficient (Wildman–Crippen LogP) is 8.04. The molecule has 13 heteroatoms. The Morgan fingerprint density at radius 3 is 2.19 bits per heavy atom. The van der Waals surface area contributed by atoms with Crippen LogP contribution in [-0.4, -0.2) is 45.3 Å². The van der Waals surface area contributed by atoms with Gasteiger partial charge < -0.3 is 28.1 Å². The molecule has 47 heavy (non-hydrogen) atoms. The van der Waals surface area contributed by atoms with Crippen LogP contribution in [0.3, 0.4) is 0 Å². The number of methoxy groups -OCH3 is 3. The van der Waals surface area contributed by atoms with Crippen LogP contribution in [0.4, 0.5) is 13.2 Å². The van der Waals surface area contributed by atoms with Gasteiger partial charge >= 0.3 is 12.1 Å². The summed E-state index contributed by atoms with van der Waals surface area (Å²) >= 11 is 6.06. The molecule has 0 bridgehead atoms. The van der Waals surface area contributed by atoms with Crippen LogP contribution < -0.4 is 29.1 Å². The first kappa shape index (κ1) is 33.9. The number of likely N-dealkylation sites (tertiary alicyclic amines) is 1. The molecule has 9 nitrogen and oxygen atoms in total. The summed E-state index contributed by atoms with van der Waals surface area (Å²) < 4.78 is 76.4. The first-order valence-electron chi connectivity index (χ1n) is 14.7. The number of aryl methyl sites for hydroxylation is 1. The number of fused-ring (bicyclic) bond motifs is 1.